The first kappa shape index (κ1) is 20.7. The Kier molecular flexibility index (Phi) is 5.80. The second kappa shape index (κ2) is 8.40. The average molecular weight is 420 g/mol. The van der Waals surface area contributed by atoms with E-state index in [9.17, 15) is 9.59 Å². The van der Waals surface area contributed by atoms with Gasteiger partial charge in [0.25, 0.3) is 0 Å². The largest absolute Gasteiger partial charge is 0.381 e. The summed E-state index contributed by atoms with van der Waals surface area (Å²) in [5.41, 5.74) is 0. The van der Waals surface area contributed by atoms with Crippen LogP contribution >= 0.6 is 0 Å². The minimum atomic E-state index is -0.0578. The van der Waals surface area contributed by atoms with Gasteiger partial charge in [-0.25, -0.2) is 0 Å². The lowest BCUT2D eigenvalue weighted by molar-refractivity contribution is -0.133. The number of amides is 2. The topological polar surface area (TPSA) is 62.3 Å². The molecule has 7 nitrogen and oxygen atoms in total. The van der Waals surface area contributed by atoms with Gasteiger partial charge in [0, 0.05) is 70.4 Å². The van der Waals surface area contributed by atoms with Gasteiger partial charge in [-0.1, -0.05) is 0 Å². The van der Waals surface area contributed by atoms with Crippen molar-refractivity contribution in [2.75, 3.05) is 40.5 Å². The van der Waals surface area contributed by atoms with Crippen molar-refractivity contribution in [1.82, 2.24) is 14.7 Å². The Morgan fingerprint density at radius 3 is 2.10 bits per heavy atom. The van der Waals surface area contributed by atoms with Crippen LogP contribution in [-0.4, -0.2) is 97.2 Å². The summed E-state index contributed by atoms with van der Waals surface area (Å²) in [5.74, 6) is 1.02. The zero-order valence-corrected chi connectivity index (χ0v) is 18.5. The van der Waals surface area contributed by atoms with Crippen LogP contribution in [-0.2, 0) is 19.1 Å². The van der Waals surface area contributed by atoms with Gasteiger partial charge in [-0.3, -0.25) is 14.5 Å². The molecule has 3 saturated heterocycles. The number of ether oxygens (including phenoxy) is 2. The van der Waals surface area contributed by atoms with Crippen molar-refractivity contribution < 1.29 is 19.1 Å². The Labute approximate surface area is 180 Å². The van der Waals surface area contributed by atoms with E-state index in [2.05, 4.69) is 4.90 Å². The third kappa shape index (κ3) is 4.13. The fourth-order valence-corrected chi connectivity index (χ4v) is 6.00. The van der Waals surface area contributed by atoms with E-state index in [1.165, 1.54) is 0 Å². The van der Waals surface area contributed by atoms with Crippen LogP contribution in [0.25, 0.3) is 0 Å². The average Bonchev–Trinajstić information content (AvgIpc) is 3.68. The molecule has 2 saturated carbocycles. The van der Waals surface area contributed by atoms with Gasteiger partial charge in [-0.05, 0) is 44.4 Å². The van der Waals surface area contributed by atoms with Crippen LogP contribution in [0.1, 0.15) is 51.4 Å². The van der Waals surface area contributed by atoms with E-state index in [4.69, 9.17) is 9.47 Å². The molecule has 5 rings (SSSR count). The molecule has 0 radical (unpaired) electrons. The van der Waals surface area contributed by atoms with Crippen LogP contribution in [0.4, 0.5) is 0 Å². The first-order valence-electron chi connectivity index (χ1n) is 12.0. The van der Waals surface area contributed by atoms with Gasteiger partial charge in [-0.2, -0.15) is 0 Å². The van der Waals surface area contributed by atoms with Crippen molar-refractivity contribution >= 4 is 11.8 Å². The fourth-order valence-electron chi connectivity index (χ4n) is 6.00. The monoisotopic (exact) mass is 419 g/mol. The Balaban J connectivity index is 1.29. The van der Waals surface area contributed by atoms with E-state index in [0.29, 0.717) is 43.6 Å². The highest BCUT2D eigenvalue weighted by molar-refractivity contribution is 5.78. The van der Waals surface area contributed by atoms with Gasteiger partial charge in [0.05, 0.1) is 19.1 Å². The highest BCUT2D eigenvalue weighted by Crippen LogP contribution is 2.44. The molecule has 30 heavy (non-hydrogen) atoms. The molecule has 5 fully saturated rings. The van der Waals surface area contributed by atoms with Crippen LogP contribution in [0.15, 0.2) is 0 Å². The predicted molar refractivity (Wildman–Crippen MR) is 112 cm³/mol. The molecule has 0 spiro atoms. The van der Waals surface area contributed by atoms with Crippen LogP contribution in [0.5, 0.6) is 0 Å². The van der Waals surface area contributed by atoms with Gasteiger partial charge in [0.2, 0.25) is 11.8 Å². The van der Waals surface area contributed by atoms with Crippen molar-refractivity contribution in [3.05, 3.63) is 0 Å². The molecule has 0 aromatic heterocycles. The van der Waals surface area contributed by atoms with Crippen molar-refractivity contribution in [2.24, 2.45) is 11.8 Å². The molecule has 5 aliphatic rings. The lowest BCUT2D eigenvalue weighted by Crippen LogP contribution is -2.44. The smallest absolute Gasteiger partial charge is 0.225 e. The molecule has 0 aromatic rings. The van der Waals surface area contributed by atoms with Crippen molar-refractivity contribution in [2.45, 2.75) is 81.6 Å². The quantitative estimate of drug-likeness (QED) is 0.626. The molecule has 0 bridgehead atoms. The highest BCUT2D eigenvalue weighted by Gasteiger charge is 2.53. The van der Waals surface area contributed by atoms with E-state index in [1.807, 2.05) is 23.9 Å². The zero-order chi connectivity index (χ0) is 20.8. The molecule has 3 heterocycles. The molecule has 168 valence electrons. The number of rotatable bonds is 7. The van der Waals surface area contributed by atoms with Crippen LogP contribution < -0.4 is 0 Å². The Hall–Kier alpha value is -1.18. The normalized spacial score (nSPS) is 34.7. The summed E-state index contributed by atoms with van der Waals surface area (Å²) in [7, 11) is 3.89. The minimum Gasteiger partial charge on any atom is -0.381 e. The molecular weight excluding hydrogens is 382 g/mol. The molecule has 0 unspecified atom stereocenters. The summed E-state index contributed by atoms with van der Waals surface area (Å²) in [6.45, 7) is 3.29. The molecule has 0 N–H and O–H groups in total. The van der Waals surface area contributed by atoms with E-state index in [-0.39, 0.29) is 29.8 Å². The predicted octanol–water partition coefficient (Wildman–Crippen LogP) is 1.50. The first-order valence-corrected chi connectivity index (χ1v) is 12.0. The summed E-state index contributed by atoms with van der Waals surface area (Å²) in [6, 6.07) is 1.73. The van der Waals surface area contributed by atoms with Crippen molar-refractivity contribution in [3.8, 4) is 0 Å². The van der Waals surface area contributed by atoms with Gasteiger partial charge in [0.15, 0.2) is 0 Å². The third-order valence-corrected chi connectivity index (χ3v) is 8.22. The fraction of sp³-hybridized carbons (Fsp3) is 0.913. The molecule has 4 atom stereocenters. The molecule has 3 aliphatic heterocycles. The van der Waals surface area contributed by atoms with Gasteiger partial charge >= 0.3 is 0 Å². The van der Waals surface area contributed by atoms with E-state index in [0.717, 1.165) is 58.3 Å². The van der Waals surface area contributed by atoms with Gasteiger partial charge in [0.1, 0.15) is 0 Å². The second-order valence-corrected chi connectivity index (χ2v) is 10.2. The lowest BCUT2D eigenvalue weighted by atomic mass is 9.84. The molecular formula is C23H37N3O4. The van der Waals surface area contributed by atoms with Crippen molar-refractivity contribution in [3.63, 3.8) is 0 Å². The van der Waals surface area contributed by atoms with Gasteiger partial charge in [-0.15, -0.1) is 0 Å². The summed E-state index contributed by atoms with van der Waals surface area (Å²) in [6.07, 6.45) is 7.63. The summed E-state index contributed by atoms with van der Waals surface area (Å²) in [4.78, 5) is 32.3. The van der Waals surface area contributed by atoms with E-state index >= 15 is 0 Å². The summed E-state index contributed by atoms with van der Waals surface area (Å²) < 4.78 is 11.8. The van der Waals surface area contributed by atoms with Crippen LogP contribution in [0, 0.1) is 11.8 Å². The number of hydrogen-bond acceptors (Lipinski definition) is 5. The Morgan fingerprint density at radius 2 is 1.50 bits per heavy atom. The Bertz CT molecular complexity index is 659. The van der Waals surface area contributed by atoms with Crippen molar-refractivity contribution in [1.29, 1.82) is 0 Å². The molecule has 2 aliphatic carbocycles. The van der Waals surface area contributed by atoms with Crippen LogP contribution in [0.3, 0.4) is 0 Å². The van der Waals surface area contributed by atoms with Crippen LogP contribution in [0.2, 0.25) is 0 Å². The second-order valence-electron chi connectivity index (χ2n) is 10.2. The minimum absolute atomic E-state index is 0.0578. The molecule has 2 amide bonds. The number of hydrogen-bond donors (Lipinski definition) is 0. The summed E-state index contributed by atoms with van der Waals surface area (Å²) >= 11 is 0. The molecule has 7 heteroatoms. The Morgan fingerprint density at radius 1 is 0.900 bits per heavy atom. The van der Waals surface area contributed by atoms with E-state index in [1.54, 1.807) is 0 Å². The summed E-state index contributed by atoms with van der Waals surface area (Å²) in [5, 5.41) is 0. The zero-order valence-electron chi connectivity index (χ0n) is 18.5. The highest BCUT2D eigenvalue weighted by atomic mass is 16.5. The maximum absolute atomic E-state index is 13.0. The number of fused-ring (bicyclic) bond motifs is 1. The maximum atomic E-state index is 13.0. The maximum Gasteiger partial charge on any atom is 0.225 e. The standard InChI is InChI=1S/C23H37N3O4/c1-24(16-3-4-16)21(27)11-15-13-26(18-7-9-29-10-8-18)19-14-30-20(23(15)19)12-22(28)25(2)17-5-6-17/h15-20,23H,3-14H2,1-2H3/t15-,19-,20+,23-/m1/s1. The van der Waals surface area contributed by atoms with E-state index < -0.39 is 0 Å². The number of nitrogens with zero attached hydrogens (tertiary/aromatic N) is 3. The molecule has 0 aromatic carbocycles. The first-order chi connectivity index (χ1) is 14.5. The lowest BCUT2D eigenvalue weighted by Gasteiger charge is -2.34. The number of carbonyl (C=O) groups excluding carboxylic acids is 2. The SMILES string of the molecule is CN(C(=O)C[C@@H]1CN(C2CCOCC2)[C@@H]2CO[C@@H](CC(=O)N(C)C3CC3)[C@H]12)C1CC1. The number of carbonyl (C=O) groups is 2. The van der Waals surface area contributed by atoms with Gasteiger partial charge < -0.3 is 19.3 Å². The number of likely N-dealkylation sites (tertiary alicyclic amines) is 1. The third-order valence-electron chi connectivity index (χ3n) is 8.22.